The molecule has 2 aromatic heterocycles. The number of thioether (sulfide) groups is 1. The van der Waals surface area contributed by atoms with Gasteiger partial charge in [0.25, 0.3) is 0 Å². The fourth-order valence-electron chi connectivity index (χ4n) is 6.84. The molecule has 0 radical (unpaired) electrons. The van der Waals surface area contributed by atoms with Gasteiger partial charge in [-0.1, -0.05) is 41.4 Å². The van der Waals surface area contributed by atoms with Crippen molar-refractivity contribution in [3.63, 3.8) is 0 Å². The molecule has 2 aliphatic rings. The first kappa shape index (κ1) is 42.8. The summed E-state index contributed by atoms with van der Waals surface area (Å²) in [4.78, 5) is 86.4. The number of amides is 4. The lowest BCUT2D eigenvalue weighted by Gasteiger charge is -2.34. The highest BCUT2D eigenvalue weighted by atomic mass is 35.5. The monoisotopic (exact) mass is 878 g/mol. The average molecular weight is 880 g/mol. The Hall–Kier alpha value is -6.36. The van der Waals surface area contributed by atoms with Gasteiger partial charge >= 0.3 is 0 Å². The molecule has 4 aromatic carbocycles. The first-order valence-electron chi connectivity index (χ1n) is 19.2. The number of benzene rings is 4. The van der Waals surface area contributed by atoms with Crippen molar-refractivity contribution in [3.8, 4) is 0 Å². The Morgan fingerprint density at radius 2 is 1.16 bits per heavy atom. The number of piperazine rings is 2. The van der Waals surface area contributed by atoms with E-state index in [0.717, 1.165) is 32.3 Å². The molecule has 0 saturated carbocycles. The minimum atomic E-state index is -0.356. The van der Waals surface area contributed by atoms with E-state index < -0.39 is 0 Å². The van der Waals surface area contributed by atoms with E-state index in [1.807, 2.05) is 54.6 Å². The van der Waals surface area contributed by atoms with Gasteiger partial charge in [-0.3, -0.25) is 24.0 Å². The first-order valence-corrected chi connectivity index (χ1v) is 20.9. The third-order valence-corrected chi connectivity index (χ3v) is 11.7. The number of hydrogen-bond acceptors (Lipinski definition) is 12. The van der Waals surface area contributed by atoms with Crippen LogP contribution in [0.3, 0.4) is 0 Å². The molecule has 8 rings (SSSR count). The van der Waals surface area contributed by atoms with Crippen LogP contribution in [0.25, 0.3) is 21.8 Å². The number of nitrogens with two attached hydrogens (primary N) is 2. The summed E-state index contributed by atoms with van der Waals surface area (Å²) in [5.41, 5.74) is 15.5. The van der Waals surface area contributed by atoms with Crippen LogP contribution in [0.15, 0.2) is 102 Å². The van der Waals surface area contributed by atoms with Gasteiger partial charge in [0, 0.05) is 70.5 Å². The Kier molecular flexibility index (Phi) is 13.6. The number of halogens is 2. The maximum Gasteiger partial charge on any atom is 0.242 e. The second-order valence-corrected chi connectivity index (χ2v) is 16.3. The molecule has 15 nitrogen and oxygen atoms in total. The van der Waals surface area contributed by atoms with Crippen molar-refractivity contribution in [2.45, 2.75) is 24.4 Å². The Morgan fingerprint density at radius 3 is 1.69 bits per heavy atom. The van der Waals surface area contributed by atoms with E-state index in [1.165, 1.54) is 29.3 Å². The molecule has 2 aliphatic heterocycles. The van der Waals surface area contributed by atoms with E-state index in [0.29, 0.717) is 72.0 Å². The summed E-state index contributed by atoms with van der Waals surface area (Å²) in [7, 11) is 0. The highest BCUT2D eigenvalue weighted by Crippen LogP contribution is 2.24. The summed E-state index contributed by atoms with van der Waals surface area (Å²) >= 11 is 13.2. The highest BCUT2D eigenvalue weighted by molar-refractivity contribution is 8.00. The van der Waals surface area contributed by atoms with Gasteiger partial charge in [-0.05, 0) is 77.9 Å². The average Bonchev–Trinajstić information content (AvgIpc) is 3.25. The number of fused-ring (bicyclic) bond motifs is 2. The smallest absolute Gasteiger partial charge is 0.242 e. The number of rotatable bonds is 10. The molecule has 4 heterocycles. The predicted molar refractivity (Wildman–Crippen MR) is 234 cm³/mol. The minimum Gasteiger partial charge on any atom is -0.383 e. The van der Waals surface area contributed by atoms with Gasteiger partial charge in [-0.15, -0.1) is 11.8 Å². The van der Waals surface area contributed by atoms with E-state index in [1.54, 1.807) is 45.0 Å². The molecule has 0 spiro atoms. The summed E-state index contributed by atoms with van der Waals surface area (Å²) in [5.74, 6) is 0.189. The SMILES string of the molecule is Nc1ncnc2cc(CN3CCN(C(=O)CC(=O)c4ccc(Cl)cc4)CC3=O)ccc12.Nc1ncnc2cc(CN3CCN(C(=O)CSc4cccc(Cl)c4)CC3=O)ccc12. The third-order valence-electron chi connectivity index (χ3n) is 10.2. The number of aromatic nitrogens is 4. The molecule has 6 aromatic rings. The molecule has 2 fully saturated rings. The lowest BCUT2D eigenvalue weighted by atomic mass is 10.1. The molecule has 0 unspecified atom stereocenters. The molecule has 0 bridgehead atoms. The lowest BCUT2D eigenvalue weighted by molar-refractivity contribution is -0.145. The largest absolute Gasteiger partial charge is 0.383 e. The number of nitrogen functional groups attached to an aromatic ring is 2. The van der Waals surface area contributed by atoms with Crippen molar-refractivity contribution in [1.29, 1.82) is 0 Å². The molecule has 61 heavy (non-hydrogen) atoms. The van der Waals surface area contributed by atoms with Gasteiger partial charge in [0.1, 0.15) is 24.3 Å². The summed E-state index contributed by atoms with van der Waals surface area (Å²) < 4.78 is 0. The molecular formula is C43H40Cl2N10O5S. The number of carbonyl (C=O) groups excluding carboxylic acids is 5. The van der Waals surface area contributed by atoms with Crippen LogP contribution in [-0.4, -0.2) is 114 Å². The van der Waals surface area contributed by atoms with Crippen LogP contribution >= 0.6 is 35.0 Å². The normalized spacial score (nSPS) is 14.3. The maximum atomic E-state index is 12.6. The van der Waals surface area contributed by atoms with Gasteiger partial charge in [0.15, 0.2) is 5.78 Å². The topological polar surface area (TPSA) is 202 Å². The first-order chi connectivity index (χ1) is 29.4. The number of ketones is 1. The zero-order valence-corrected chi connectivity index (χ0v) is 35.1. The molecule has 4 amide bonds. The van der Waals surface area contributed by atoms with Crippen molar-refractivity contribution in [2.75, 3.05) is 56.5 Å². The van der Waals surface area contributed by atoms with Crippen molar-refractivity contribution in [1.82, 2.24) is 39.5 Å². The van der Waals surface area contributed by atoms with Gasteiger partial charge in [0.2, 0.25) is 23.6 Å². The standard InChI is InChI=1S/C22H20ClN5O3.C21H20ClN5O2S/c23-16-4-2-15(3-5-16)19(29)10-20(30)28-8-7-27(21(31)12-28)11-14-1-6-17-18(9-14)25-13-26-22(17)24;22-15-2-1-3-16(9-15)30-12-20(29)27-7-6-26(19(28)11-27)10-14-4-5-17-18(8-14)24-13-25-21(17)23/h1-6,9,13H,7-8,10-12H2,(H2,24,25,26);1-5,8-9,13H,6-7,10-12H2,(H2,23,24,25). The summed E-state index contributed by atoms with van der Waals surface area (Å²) in [6.45, 7) is 2.71. The number of anilines is 2. The van der Waals surface area contributed by atoms with E-state index in [4.69, 9.17) is 34.7 Å². The minimum absolute atomic E-state index is 0.0462. The predicted octanol–water partition coefficient (Wildman–Crippen LogP) is 5.14. The number of nitrogens with zero attached hydrogens (tertiary/aromatic N) is 8. The van der Waals surface area contributed by atoms with E-state index >= 15 is 0 Å². The van der Waals surface area contributed by atoms with Crippen molar-refractivity contribution < 1.29 is 24.0 Å². The Labute approximate surface area is 365 Å². The number of hydrogen-bond donors (Lipinski definition) is 2. The van der Waals surface area contributed by atoms with Crippen LogP contribution in [0.4, 0.5) is 11.6 Å². The summed E-state index contributed by atoms with van der Waals surface area (Å²) in [6.07, 6.45) is 2.56. The van der Waals surface area contributed by atoms with Gasteiger partial charge < -0.3 is 31.1 Å². The quantitative estimate of drug-likeness (QED) is 0.104. The molecule has 2 saturated heterocycles. The Balaban J connectivity index is 0.000000184. The molecule has 0 aliphatic carbocycles. The summed E-state index contributed by atoms with van der Waals surface area (Å²) in [6, 6.07) is 25.1. The van der Waals surface area contributed by atoms with Crippen LogP contribution in [-0.2, 0) is 32.3 Å². The van der Waals surface area contributed by atoms with Gasteiger partial charge in [-0.2, -0.15) is 0 Å². The zero-order chi connectivity index (χ0) is 43.0. The lowest BCUT2D eigenvalue weighted by Crippen LogP contribution is -2.52. The Bertz CT molecular complexity index is 2640. The van der Waals surface area contributed by atoms with Crippen molar-refractivity contribution in [3.05, 3.63) is 124 Å². The zero-order valence-electron chi connectivity index (χ0n) is 32.7. The fraction of sp³-hybridized carbons (Fsp3) is 0.233. The Morgan fingerprint density at radius 1 is 0.623 bits per heavy atom. The van der Waals surface area contributed by atoms with Crippen LogP contribution in [0, 0.1) is 0 Å². The number of Topliss-reactive ketones (excluding diaryl/α,β-unsaturated/α-hetero) is 1. The van der Waals surface area contributed by atoms with Crippen molar-refractivity contribution in [2.24, 2.45) is 0 Å². The van der Waals surface area contributed by atoms with E-state index in [9.17, 15) is 24.0 Å². The van der Waals surface area contributed by atoms with Crippen LogP contribution in [0.5, 0.6) is 0 Å². The van der Waals surface area contributed by atoms with Crippen LogP contribution in [0.1, 0.15) is 27.9 Å². The fourth-order valence-corrected chi connectivity index (χ4v) is 8.08. The van der Waals surface area contributed by atoms with E-state index in [2.05, 4.69) is 19.9 Å². The van der Waals surface area contributed by atoms with Crippen LogP contribution < -0.4 is 11.5 Å². The summed E-state index contributed by atoms with van der Waals surface area (Å²) in [5, 5.41) is 2.71. The second-order valence-electron chi connectivity index (χ2n) is 14.3. The molecule has 18 heteroatoms. The molecular weight excluding hydrogens is 840 g/mol. The second kappa shape index (κ2) is 19.4. The van der Waals surface area contributed by atoms with Gasteiger partial charge in [-0.25, -0.2) is 19.9 Å². The van der Waals surface area contributed by atoms with Crippen molar-refractivity contribution >= 4 is 97.8 Å². The van der Waals surface area contributed by atoms with E-state index in [-0.39, 0.29) is 54.7 Å². The maximum absolute atomic E-state index is 12.6. The molecule has 0 atom stereocenters. The van der Waals surface area contributed by atoms with Gasteiger partial charge in [0.05, 0.1) is 36.3 Å². The molecule has 4 N–H and O–H groups in total. The molecule has 312 valence electrons. The number of carbonyl (C=O) groups is 5. The van der Waals surface area contributed by atoms with Crippen LogP contribution in [0.2, 0.25) is 10.0 Å². The third kappa shape index (κ3) is 10.9. The highest BCUT2D eigenvalue weighted by Gasteiger charge is 2.29.